The van der Waals surface area contributed by atoms with Gasteiger partial charge in [0.1, 0.15) is 4.90 Å². The largest absolute Gasteiger partial charge is 0.501 e. The number of sulfone groups is 1. The van der Waals surface area contributed by atoms with Crippen LogP contribution in [0.5, 0.6) is 0 Å². The van der Waals surface area contributed by atoms with Gasteiger partial charge in [-0.15, -0.1) is 11.8 Å². The van der Waals surface area contributed by atoms with E-state index in [-0.39, 0.29) is 5.69 Å². The fraction of sp³-hybridized carbons (Fsp3) is 0.429. The second-order valence-corrected chi connectivity index (χ2v) is 12.7. The van der Waals surface area contributed by atoms with Crippen LogP contribution in [0, 0.1) is 0 Å². The Kier molecular flexibility index (Phi) is 8.76. The summed E-state index contributed by atoms with van der Waals surface area (Å²) in [5, 5.41) is 17.7. The Morgan fingerprint density at radius 3 is 2.40 bits per heavy atom. The normalized spacial score (nSPS) is 18.5. The summed E-state index contributed by atoms with van der Waals surface area (Å²) in [4.78, 5) is 0.989. The van der Waals surface area contributed by atoms with Crippen LogP contribution < -0.4 is 10.5 Å². The number of aliphatic hydroxyl groups excluding tert-OH is 1. The molecule has 194 valence electrons. The average Bonchev–Trinajstić information content (AvgIpc) is 3.20. The van der Waals surface area contributed by atoms with Crippen molar-refractivity contribution in [3.8, 4) is 0 Å². The summed E-state index contributed by atoms with van der Waals surface area (Å²) in [5.41, 5.74) is -6.00. The van der Waals surface area contributed by atoms with Crippen molar-refractivity contribution in [2.75, 3.05) is 30.7 Å². The minimum Gasteiger partial charge on any atom is -0.392 e. The molecule has 1 aliphatic rings. The van der Waals surface area contributed by atoms with E-state index in [1.165, 1.54) is 11.8 Å². The number of likely N-dealkylation sites (tertiary alicyclic amines) is 1. The van der Waals surface area contributed by atoms with E-state index in [9.17, 15) is 35.1 Å². The van der Waals surface area contributed by atoms with Crippen LogP contribution in [-0.4, -0.2) is 69.9 Å². The first kappa shape index (κ1) is 27.7. The molecule has 0 saturated carbocycles. The molecule has 3 rings (SSSR count). The number of β-amino-alcohol motifs (C(OH)–C–C–N with tert-alkyl or cyclic N) is 1. The lowest BCUT2D eigenvalue weighted by Gasteiger charge is -2.24. The third-order valence-corrected chi connectivity index (χ3v) is 9.08. The van der Waals surface area contributed by atoms with Crippen LogP contribution in [-0.2, 0) is 19.9 Å². The van der Waals surface area contributed by atoms with Crippen molar-refractivity contribution in [1.29, 1.82) is 0 Å². The van der Waals surface area contributed by atoms with Gasteiger partial charge in [-0.1, -0.05) is 18.2 Å². The van der Waals surface area contributed by atoms with Crippen molar-refractivity contribution in [2.45, 2.75) is 45.2 Å². The molecule has 0 radical (unpaired) electrons. The van der Waals surface area contributed by atoms with Gasteiger partial charge in [-0.3, -0.25) is 0 Å². The number of sulfonamides is 1. The standard InChI is InChI=1S/C21H26F3N3O5S3/c22-21(23,24)34(29,30)20-12-18(35(25,31)32)6-7-19(20)26-15(8-10-27-11-9-16(28)13-27)14-33-17-4-2-1-3-5-17/h1-7,12,15-16,26,28H,8-11,13-14H2,(H2,25,31,32). The van der Waals surface area contributed by atoms with Crippen molar-refractivity contribution in [2.24, 2.45) is 5.14 Å². The van der Waals surface area contributed by atoms with Crippen LogP contribution in [0.15, 0.2) is 63.2 Å². The Bertz CT molecular complexity index is 1230. The van der Waals surface area contributed by atoms with E-state index in [1.807, 2.05) is 35.2 Å². The number of nitrogens with two attached hydrogens (primary N) is 1. The number of thioether (sulfide) groups is 1. The third-order valence-electron chi connectivity index (χ3n) is 5.47. The summed E-state index contributed by atoms with van der Waals surface area (Å²) in [7, 11) is -10.3. The van der Waals surface area contributed by atoms with Gasteiger partial charge in [0, 0.05) is 36.3 Å². The SMILES string of the molecule is NS(=O)(=O)c1ccc(NC(CCN2CCC(O)C2)CSc2ccccc2)c(S(=O)(=O)C(F)(F)F)c1. The topological polar surface area (TPSA) is 130 Å². The summed E-state index contributed by atoms with van der Waals surface area (Å²) >= 11 is 1.44. The quantitative estimate of drug-likeness (QED) is 0.383. The number of rotatable bonds is 10. The second-order valence-electron chi connectivity index (χ2n) is 8.15. The van der Waals surface area contributed by atoms with Gasteiger partial charge in [-0.05, 0) is 43.2 Å². The average molecular weight is 554 g/mol. The first-order chi connectivity index (χ1) is 16.3. The molecule has 1 saturated heterocycles. The van der Waals surface area contributed by atoms with E-state index < -0.39 is 47.3 Å². The number of alkyl halides is 3. The molecule has 0 spiro atoms. The van der Waals surface area contributed by atoms with E-state index in [0.29, 0.717) is 44.3 Å². The summed E-state index contributed by atoms with van der Waals surface area (Å²) in [6.07, 6.45) is 0.629. The number of hydrogen-bond donors (Lipinski definition) is 3. The first-order valence-corrected chi connectivity index (χ1v) is 14.6. The number of hydrogen-bond acceptors (Lipinski definition) is 8. The molecule has 2 unspecified atom stereocenters. The summed E-state index contributed by atoms with van der Waals surface area (Å²) < 4.78 is 88.1. The van der Waals surface area contributed by atoms with E-state index in [0.717, 1.165) is 17.0 Å². The van der Waals surface area contributed by atoms with Crippen molar-refractivity contribution in [1.82, 2.24) is 4.90 Å². The predicted octanol–water partition coefficient (Wildman–Crippen LogP) is 2.66. The number of nitrogens with one attached hydrogen (secondary N) is 1. The number of benzene rings is 2. The predicted molar refractivity (Wildman–Crippen MR) is 127 cm³/mol. The molecule has 0 aliphatic carbocycles. The zero-order valence-corrected chi connectivity index (χ0v) is 20.9. The Labute approximate surface area is 206 Å². The highest BCUT2D eigenvalue weighted by Gasteiger charge is 2.48. The molecule has 35 heavy (non-hydrogen) atoms. The summed E-state index contributed by atoms with van der Waals surface area (Å²) in [6.45, 7) is 1.69. The molecular formula is C21H26F3N3O5S3. The maximum atomic E-state index is 13.4. The number of anilines is 1. The van der Waals surface area contributed by atoms with Gasteiger partial charge in [0.2, 0.25) is 10.0 Å². The molecule has 14 heteroatoms. The minimum atomic E-state index is -5.87. The number of primary sulfonamides is 1. The lowest BCUT2D eigenvalue weighted by Crippen LogP contribution is -2.32. The smallest absolute Gasteiger partial charge is 0.392 e. The van der Waals surface area contributed by atoms with Crippen LogP contribution in [0.25, 0.3) is 0 Å². The molecule has 0 aromatic heterocycles. The number of halogens is 3. The molecule has 0 bridgehead atoms. The number of nitrogens with zero attached hydrogens (tertiary/aromatic N) is 1. The van der Waals surface area contributed by atoms with E-state index >= 15 is 0 Å². The van der Waals surface area contributed by atoms with Gasteiger partial charge in [-0.2, -0.15) is 13.2 Å². The monoisotopic (exact) mass is 553 g/mol. The first-order valence-electron chi connectivity index (χ1n) is 10.6. The lowest BCUT2D eigenvalue weighted by atomic mass is 10.2. The molecule has 0 amide bonds. The molecule has 2 aromatic carbocycles. The van der Waals surface area contributed by atoms with Gasteiger partial charge in [0.05, 0.1) is 16.7 Å². The molecule has 2 aromatic rings. The summed E-state index contributed by atoms with van der Waals surface area (Å²) in [5.74, 6) is 0.392. The van der Waals surface area contributed by atoms with E-state index in [1.54, 1.807) is 0 Å². The van der Waals surface area contributed by atoms with Crippen molar-refractivity contribution < 1.29 is 35.1 Å². The highest BCUT2D eigenvalue weighted by Crippen LogP contribution is 2.36. The van der Waals surface area contributed by atoms with Crippen LogP contribution in [0.4, 0.5) is 18.9 Å². The van der Waals surface area contributed by atoms with Crippen LogP contribution in [0.3, 0.4) is 0 Å². The van der Waals surface area contributed by atoms with E-state index in [2.05, 4.69) is 5.32 Å². The molecule has 1 heterocycles. The Hall–Kier alpha value is -1.84. The van der Waals surface area contributed by atoms with Gasteiger partial charge < -0.3 is 15.3 Å². The van der Waals surface area contributed by atoms with Gasteiger partial charge in [0.15, 0.2) is 0 Å². The van der Waals surface area contributed by atoms with Crippen LogP contribution in [0.1, 0.15) is 12.8 Å². The molecule has 2 atom stereocenters. The molecular weight excluding hydrogens is 527 g/mol. The van der Waals surface area contributed by atoms with Gasteiger partial charge in [0.25, 0.3) is 9.84 Å². The summed E-state index contributed by atoms with van der Waals surface area (Å²) in [6, 6.07) is 11.2. The highest BCUT2D eigenvalue weighted by molar-refractivity contribution is 7.99. The third kappa shape index (κ3) is 7.33. The fourth-order valence-corrected chi connectivity index (χ4v) is 6.19. The van der Waals surface area contributed by atoms with Crippen molar-refractivity contribution in [3.05, 3.63) is 48.5 Å². The Morgan fingerprint density at radius 1 is 1.14 bits per heavy atom. The van der Waals surface area contributed by atoms with Gasteiger partial charge in [-0.25, -0.2) is 22.0 Å². The van der Waals surface area contributed by atoms with E-state index in [4.69, 9.17) is 5.14 Å². The lowest BCUT2D eigenvalue weighted by molar-refractivity contribution is -0.0435. The zero-order chi connectivity index (χ0) is 25.9. The molecule has 8 nitrogen and oxygen atoms in total. The molecule has 4 N–H and O–H groups in total. The van der Waals surface area contributed by atoms with Crippen LogP contribution >= 0.6 is 11.8 Å². The Morgan fingerprint density at radius 2 is 1.83 bits per heavy atom. The minimum absolute atomic E-state index is 0.366. The maximum absolute atomic E-state index is 13.4. The molecule has 1 fully saturated rings. The zero-order valence-electron chi connectivity index (χ0n) is 18.5. The number of aliphatic hydroxyl groups is 1. The van der Waals surface area contributed by atoms with Crippen LogP contribution in [0.2, 0.25) is 0 Å². The Balaban J connectivity index is 1.91. The maximum Gasteiger partial charge on any atom is 0.501 e. The molecule has 1 aliphatic heterocycles. The van der Waals surface area contributed by atoms with Gasteiger partial charge >= 0.3 is 5.51 Å². The highest BCUT2D eigenvalue weighted by atomic mass is 32.2. The van der Waals surface area contributed by atoms with Crippen molar-refractivity contribution >= 4 is 37.3 Å². The fourth-order valence-electron chi connectivity index (χ4n) is 3.63. The van der Waals surface area contributed by atoms with Crippen molar-refractivity contribution in [3.63, 3.8) is 0 Å². The second kappa shape index (κ2) is 11.0.